The second-order valence-corrected chi connectivity index (χ2v) is 10.8. The number of rotatable bonds is 8. The zero-order valence-electron chi connectivity index (χ0n) is 14.6. The number of pyridine rings is 1. The molecule has 1 heterocycles. The van der Waals surface area contributed by atoms with Crippen molar-refractivity contribution in [1.82, 2.24) is 4.98 Å². The number of carboxylic acids is 1. The minimum Gasteiger partial charge on any atom is -0.481 e. The lowest BCUT2D eigenvalue weighted by molar-refractivity contribution is -0.141. The van der Waals surface area contributed by atoms with Crippen molar-refractivity contribution >= 4 is 29.0 Å². The van der Waals surface area contributed by atoms with Gasteiger partial charge in [0.2, 0.25) is 7.37 Å². The molecular weight excluding hydrogens is 391 g/mol. The quantitative estimate of drug-likeness (QED) is 0.556. The van der Waals surface area contributed by atoms with Crippen molar-refractivity contribution in [2.45, 2.75) is 17.5 Å². The first-order valence-electron chi connectivity index (χ1n) is 7.99. The highest BCUT2D eigenvalue weighted by atomic mass is 32.2. The van der Waals surface area contributed by atoms with E-state index in [1.54, 1.807) is 6.07 Å². The number of hydrogen-bond donors (Lipinski definition) is 3. The molecule has 2 rings (SSSR count). The molecule has 2 atom stereocenters. The number of anilines is 1. The number of carbonyl (C=O) groups is 1. The first kappa shape index (κ1) is 21.1. The molecule has 0 saturated heterocycles. The molecule has 4 N–H and O–H groups in total. The Morgan fingerprint density at radius 1 is 1.19 bits per heavy atom. The number of hydrogen-bond acceptors (Lipinski definition) is 6. The van der Waals surface area contributed by atoms with Crippen molar-refractivity contribution in [2.75, 3.05) is 18.2 Å². The lowest BCUT2D eigenvalue weighted by Gasteiger charge is -2.17. The summed E-state index contributed by atoms with van der Waals surface area (Å²) < 4.78 is 35.5. The lowest BCUT2D eigenvalue weighted by Crippen LogP contribution is -2.21. The van der Waals surface area contributed by atoms with E-state index < -0.39 is 35.3 Å². The predicted octanol–water partition coefficient (Wildman–Crippen LogP) is 1.78. The van der Waals surface area contributed by atoms with Crippen LogP contribution in [0.3, 0.4) is 0 Å². The summed E-state index contributed by atoms with van der Waals surface area (Å²) in [4.78, 5) is 25.8. The first-order valence-corrected chi connectivity index (χ1v) is 11.9. The molecule has 10 heteroatoms. The molecule has 0 aliphatic carbocycles. The summed E-state index contributed by atoms with van der Waals surface area (Å²) in [7, 11) is -7.16. The van der Waals surface area contributed by atoms with E-state index in [0.717, 1.165) is 6.26 Å². The van der Waals surface area contributed by atoms with Crippen LogP contribution in [0.5, 0.6) is 0 Å². The van der Waals surface area contributed by atoms with Crippen molar-refractivity contribution in [3.8, 4) is 0 Å². The molecule has 0 fully saturated rings. The molecule has 2 aromatic rings. The van der Waals surface area contributed by atoms with Crippen LogP contribution in [0, 0.1) is 5.92 Å². The fourth-order valence-corrected chi connectivity index (χ4v) is 5.12. The van der Waals surface area contributed by atoms with Crippen LogP contribution in [0.2, 0.25) is 0 Å². The van der Waals surface area contributed by atoms with E-state index in [-0.39, 0.29) is 17.5 Å². The standard InChI is InChI=1S/C17H21N2O6PS/c1-27(24,25)15-5-2-12(3-6-15)10-26(22,23)11-14(17(20)21)8-13-4-7-16(18)19-9-13/h2-7,9,14H,8,10-11H2,1H3,(H2,18,19)(H,20,21)(H,22,23). The van der Waals surface area contributed by atoms with Gasteiger partial charge in [-0.3, -0.25) is 9.36 Å². The number of nitrogen functional groups attached to an aromatic ring is 1. The maximum atomic E-state index is 12.6. The Bertz CT molecular complexity index is 958. The molecule has 1 aromatic heterocycles. The van der Waals surface area contributed by atoms with Gasteiger partial charge in [-0.05, 0) is 35.7 Å². The zero-order chi connectivity index (χ0) is 20.2. The van der Waals surface area contributed by atoms with Gasteiger partial charge in [0.25, 0.3) is 0 Å². The lowest BCUT2D eigenvalue weighted by atomic mass is 10.0. The summed E-state index contributed by atoms with van der Waals surface area (Å²) in [5, 5.41) is 9.40. The molecule has 0 bridgehead atoms. The summed E-state index contributed by atoms with van der Waals surface area (Å²) in [6.45, 7) is 0. The predicted molar refractivity (Wildman–Crippen MR) is 101 cm³/mol. The Morgan fingerprint density at radius 3 is 2.26 bits per heavy atom. The number of carboxylic acid groups (broad SMARTS) is 1. The third kappa shape index (κ3) is 6.46. The van der Waals surface area contributed by atoms with Gasteiger partial charge in [0, 0.05) is 24.8 Å². The van der Waals surface area contributed by atoms with Gasteiger partial charge in [-0.25, -0.2) is 13.4 Å². The Labute approximate surface area is 157 Å². The summed E-state index contributed by atoms with van der Waals surface area (Å²) in [5.74, 6) is -1.92. The fourth-order valence-electron chi connectivity index (χ4n) is 2.61. The molecule has 146 valence electrons. The highest BCUT2D eigenvalue weighted by molar-refractivity contribution is 7.90. The molecule has 1 aromatic carbocycles. The zero-order valence-corrected chi connectivity index (χ0v) is 16.4. The van der Waals surface area contributed by atoms with Gasteiger partial charge in [-0.15, -0.1) is 0 Å². The largest absolute Gasteiger partial charge is 0.481 e. The fraction of sp³-hybridized carbons (Fsp3) is 0.294. The van der Waals surface area contributed by atoms with E-state index in [2.05, 4.69) is 4.98 Å². The van der Waals surface area contributed by atoms with E-state index in [0.29, 0.717) is 16.9 Å². The van der Waals surface area contributed by atoms with Crippen LogP contribution in [-0.4, -0.2) is 41.8 Å². The number of aromatic nitrogens is 1. The average Bonchev–Trinajstić information content (AvgIpc) is 2.55. The van der Waals surface area contributed by atoms with E-state index in [4.69, 9.17) is 5.73 Å². The maximum absolute atomic E-state index is 12.6. The van der Waals surface area contributed by atoms with Crippen LogP contribution >= 0.6 is 7.37 Å². The van der Waals surface area contributed by atoms with Crippen molar-refractivity contribution in [1.29, 1.82) is 0 Å². The molecule has 27 heavy (non-hydrogen) atoms. The highest BCUT2D eigenvalue weighted by Gasteiger charge is 2.29. The average molecular weight is 412 g/mol. The van der Waals surface area contributed by atoms with Crippen LogP contribution in [0.15, 0.2) is 47.5 Å². The second kappa shape index (κ2) is 8.21. The van der Waals surface area contributed by atoms with Gasteiger partial charge < -0.3 is 15.7 Å². The monoisotopic (exact) mass is 412 g/mol. The highest BCUT2D eigenvalue weighted by Crippen LogP contribution is 2.46. The van der Waals surface area contributed by atoms with Gasteiger partial charge in [-0.1, -0.05) is 18.2 Å². The SMILES string of the molecule is CS(=O)(=O)c1ccc(CP(=O)(O)CC(Cc2ccc(N)nc2)C(=O)O)cc1. The van der Waals surface area contributed by atoms with Crippen LogP contribution in [0.4, 0.5) is 5.82 Å². The minimum absolute atomic E-state index is 0.0557. The molecule has 0 aliphatic heterocycles. The van der Waals surface area contributed by atoms with Crippen LogP contribution < -0.4 is 5.73 Å². The van der Waals surface area contributed by atoms with Crippen molar-refractivity contribution < 1.29 is 27.8 Å². The molecule has 0 spiro atoms. The third-order valence-electron chi connectivity index (χ3n) is 3.97. The van der Waals surface area contributed by atoms with Gasteiger partial charge >= 0.3 is 5.97 Å². The number of nitrogens with two attached hydrogens (primary N) is 1. The minimum atomic E-state index is -3.80. The first-order chi connectivity index (χ1) is 12.5. The molecule has 0 amide bonds. The van der Waals surface area contributed by atoms with Crippen LogP contribution in [0.25, 0.3) is 0 Å². The summed E-state index contributed by atoms with van der Waals surface area (Å²) >= 11 is 0. The van der Waals surface area contributed by atoms with Crippen molar-refractivity contribution in [3.05, 3.63) is 53.7 Å². The van der Waals surface area contributed by atoms with Crippen LogP contribution in [0.1, 0.15) is 11.1 Å². The molecule has 0 radical (unpaired) electrons. The topological polar surface area (TPSA) is 148 Å². The Kier molecular flexibility index (Phi) is 6.41. The van der Waals surface area contributed by atoms with Crippen molar-refractivity contribution in [2.24, 2.45) is 5.92 Å². The number of benzene rings is 1. The third-order valence-corrected chi connectivity index (χ3v) is 6.96. The normalized spacial score (nSPS) is 15.0. The number of nitrogens with zero attached hydrogens (tertiary/aromatic N) is 1. The molecule has 2 unspecified atom stereocenters. The van der Waals surface area contributed by atoms with Gasteiger partial charge in [0.15, 0.2) is 9.84 Å². The van der Waals surface area contributed by atoms with Gasteiger partial charge in [0.05, 0.1) is 10.8 Å². The van der Waals surface area contributed by atoms with E-state index in [1.165, 1.54) is 36.5 Å². The van der Waals surface area contributed by atoms with E-state index >= 15 is 0 Å². The second-order valence-electron chi connectivity index (χ2n) is 6.43. The summed E-state index contributed by atoms with van der Waals surface area (Å²) in [6.07, 6.45) is 1.93. The summed E-state index contributed by atoms with van der Waals surface area (Å²) in [6, 6.07) is 8.80. The van der Waals surface area contributed by atoms with Crippen LogP contribution in [-0.2, 0) is 31.8 Å². The molecule has 8 nitrogen and oxygen atoms in total. The number of sulfone groups is 1. The smallest absolute Gasteiger partial charge is 0.307 e. The number of aliphatic carboxylic acids is 1. The molecular formula is C17H21N2O6PS. The maximum Gasteiger partial charge on any atom is 0.307 e. The molecule has 0 saturated carbocycles. The van der Waals surface area contributed by atoms with Gasteiger partial charge in [0.1, 0.15) is 5.82 Å². The van der Waals surface area contributed by atoms with Gasteiger partial charge in [-0.2, -0.15) is 0 Å². The summed E-state index contributed by atoms with van der Waals surface area (Å²) in [5.41, 5.74) is 6.56. The van der Waals surface area contributed by atoms with E-state index in [9.17, 15) is 27.8 Å². The molecule has 0 aliphatic rings. The Balaban J connectivity index is 2.10. The van der Waals surface area contributed by atoms with E-state index in [1.807, 2.05) is 0 Å². The Morgan fingerprint density at radius 2 is 1.78 bits per heavy atom. The Hall–Kier alpha value is -2.22. The van der Waals surface area contributed by atoms with Crippen molar-refractivity contribution in [3.63, 3.8) is 0 Å².